The number of hydrogen-bond donors (Lipinski definition) is 1. The molecule has 0 bridgehead atoms. The van der Waals surface area contributed by atoms with E-state index in [-0.39, 0.29) is 5.91 Å². The van der Waals surface area contributed by atoms with E-state index < -0.39 is 0 Å². The number of halogens is 1. The van der Waals surface area contributed by atoms with E-state index in [0.717, 1.165) is 5.56 Å². The Bertz CT molecular complexity index is 402. The Morgan fingerprint density at radius 1 is 1.56 bits per heavy atom. The topological polar surface area (TPSA) is 38.3 Å². The summed E-state index contributed by atoms with van der Waals surface area (Å²) in [5.74, 6) is 0.526. The smallest absolute Gasteiger partial charge is 0.243 e. The highest BCUT2D eigenvalue weighted by molar-refractivity contribution is 6.31. The van der Waals surface area contributed by atoms with Crippen LogP contribution in [0.15, 0.2) is 30.4 Å². The molecule has 1 N–H and O–H groups in total. The molecule has 3 nitrogen and oxygen atoms in total. The van der Waals surface area contributed by atoms with E-state index in [9.17, 15) is 4.79 Å². The van der Waals surface area contributed by atoms with Gasteiger partial charge in [-0.15, -0.1) is 0 Å². The summed E-state index contributed by atoms with van der Waals surface area (Å²) in [5.41, 5.74) is 0.782. The lowest BCUT2D eigenvalue weighted by atomic mass is 10.2. The first kappa shape index (κ1) is 12.6. The molecule has 0 unspecified atom stereocenters. The van der Waals surface area contributed by atoms with Gasteiger partial charge in [0.1, 0.15) is 5.75 Å². The van der Waals surface area contributed by atoms with Crippen LogP contribution >= 0.6 is 11.6 Å². The molecule has 1 rings (SSSR count). The third-order valence-electron chi connectivity index (χ3n) is 2.05. The van der Waals surface area contributed by atoms with Crippen LogP contribution in [-0.4, -0.2) is 13.0 Å². The Hall–Kier alpha value is -1.48. The quantitative estimate of drug-likeness (QED) is 0.820. The highest BCUT2D eigenvalue weighted by Gasteiger charge is 2.07. The van der Waals surface area contributed by atoms with Crippen molar-refractivity contribution in [2.75, 3.05) is 7.11 Å². The van der Waals surface area contributed by atoms with Crippen molar-refractivity contribution in [1.82, 2.24) is 5.32 Å². The van der Waals surface area contributed by atoms with Crippen LogP contribution in [0.5, 0.6) is 5.75 Å². The van der Waals surface area contributed by atoms with Crippen molar-refractivity contribution in [3.63, 3.8) is 0 Å². The lowest BCUT2D eigenvalue weighted by molar-refractivity contribution is -0.116. The second kappa shape index (κ2) is 6.18. The Kier molecular flexibility index (Phi) is 4.86. The van der Waals surface area contributed by atoms with Crippen molar-refractivity contribution in [1.29, 1.82) is 0 Å². The lowest BCUT2D eigenvalue weighted by Gasteiger charge is -2.10. The number of allylic oxidation sites excluding steroid dienone is 1. The molecule has 1 amide bonds. The molecule has 1 aromatic rings. The largest absolute Gasteiger partial charge is 0.496 e. The fraction of sp³-hybridized carbons (Fsp3) is 0.250. The molecular formula is C12H14ClNO2. The molecule has 0 fully saturated rings. The molecule has 86 valence electrons. The maximum Gasteiger partial charge on any atom is 0.243 e. The van der Waals surface area contributed by atoms with Crippen LogP contribution in [0.2, 0.25) is 5.02 Å². The van der Waals surface area contributed by atoms with Gasteiger partial charge in [-0.1, -0.05) is 23.7 Å². The Labute approximate surface area is 100 Å². The number of hydrogen-bond acceptors (Lipinski definition) is 2. The minimum absolute atomic E-state index is 0.149. The van der Waals surface area contributed by atoms with E-state index in [1.807, 2.05) is 6.07 Å². The van der Waals surface area contributed by atoms with Gasteiger partial charge in [0, 0.05) is 17.1 Å². The van der Waals surface area contributed by atoms with Crippen LogP contribution in [0.4, 0.5) is 0 Å². The minimum Gasteiger partial charge on any atom is -0.496 e. The lowest BCUT2D eigenvalue weighted by Crippen LogP contribution is -2.20. The Balaban J connectivity index is 2.76. The summed E-state index contributed by atoms with van der Waals surface area (Å²) in [6, 6.07) is 5.38. The summed E-state index contributed by atoms with van der Waals surface area (Å²) < 4.78 is 5.16. The fourth-order valence-electron chi connectivity index (χ4n) is 1.29. The predicted molar refractivity (Wildman–Crippen MR) is 64.7 cm³/mol. The van der Waals surface area contributed by atoms with E-state index in [4.69, 9.17) is 16.3 Å². The SMILES string of the molecule is C/C=C/C(=O)NCc1c(Cl)cccc1OC. The second-order valence-electron chi connectivity index (χ2n) is 3.14. The summed E-state index contributed by atoms with van der Waals surface area (Å²) in [6.45, 7) is 2.14. The van der Waals surface area contributed by atoms with Gasteiger partial charge < -0.3 is 10.1 Å². The van der Waals surface area contributed by atoms with Gasteiger partial charge in [0.2, 0.25) is 5.91 Å². The summed E-state index contributed by atoms with van der Waals surface area (Å²) in [4.78, 5) is 11.2. The summed E-state index contributed by atoms with van der Waals surface area (Å²) in [6.07, 6.45) is 3.14. The first-order valence-electron chi connectivity index (χ1n) is 4.91. The highest BCUT2D eigenvalue weighted by atomic mass is 35.5. The average molecular weight is 240 g/mol. The van der Waals surface area contributed by atoms with Gasteiger partial charge in [-0.25, -0.2) is 0 Å². The van der Waals surface area contributed by atoms with Crippen LogP contribution in [0.3, 0.4) is 0 Å². The zero-order chi connectivity index (χ0) is 12.0. The van der Waals surface area contributed by atoms with Gasteiger partial charge in [0.05, 0.1) is 7.11 Å². The van der Waals surface area contributed by atoms with E-state index in [0.29, 0.717) is 17.3 Å². The first-order chi connectivity index (χ1) is 7.69. The van der Waals surface area contributed by atoms with Gasteiger partial charge >= 0.3 is 0 Å². The molecule has 0 aliphatic carbocycles. The maximum atomic E-state index is 11.2. The molecule has 1 aromatic carbocycles. The standard InChI is InChI=1S/C12H14ClNO2/c1-3-5-12(15)14-8-9-10(13)6-4-7-11(9)16-2/h3-7H,8H2,1-2H3,(H,14,15)/b5-3+. The molecule has 0 radical (unpaired) electrons. The predicted octanol–water partition coefficient (Wildman–Crippen LogP) is 2.54. The Morgan fingerprint density at radius 2 is 2.31 bits per heavy atom. The minimum atomic E-state index is -0.149. The number of carbonyl (C=O) groups is 1. The number of amides is 1. The summed E-state index contributed by atoms with van der Waals surface area (Å²) >= 11 is 6.02. The molecule has 4 heteroatoms. The third-order valence-corrected chi connectivity index (χ3v) is 2.41. The molecular weight excluding hydrogens is 226 g/mol. The van der Waals surface area contributed by atoms with Gasteiger partial charge in [0.15, 0.2) is 0 Å². The van der Waals surface area contributed by atoms with Crippen molar-refractivity contribution in [2.45, 2.75) is 13.5 Å². The molecule has 0 atom stereocenters. The number of nitrogens with one attached hydrogen (secondary N) is 1. The zero-order valence-corrected chi connectivity index (χ0v) is 10.0. The first-order valence-corrected chi connectivity index (χ1v) is 5.28. The zero-order valence-electron chi connectivity index (χ0n) is 9.29. The molecule has 0 spiro atoms. The molecule has 0 saturated carbocycles. The van der Waals surface area contributed by atoms with Crippen LogP contribution in [-0.2, 0) is 11.3 Å². The normalized spacial score (nSPS) is 10.4. The van der Waals surface area contributed by atoms with Crippen LogP contribution in [0.1, 0.15) is 12.5 Å². The van der Waals surface area contributed by atoms with Gasteiger partial charge in [-0.2, -0.15) is 0 Å². The molecule has 0 aliphatic rings. The van der Waals surface area contributed by atoms with E-state index in [1.54, 1.807) is 32.2 Å². The highest BCUT2D eigenvalue weighted by Crippen LogP contribution is 2.25. The second-order valence-corrected chi connectivity index (χ2v) is 3.55. The van der Waals surface area contributed by atoms with Crippen molar-refractivity contribution in [2.24, 2.45) is 0 Å². The van der Waals surface area contributed by atoms with Gasteiger partial charge in [0.25, 0.3) is 0 Å². The number of rotatable bonds is 4. The Morgan fingerprint density at radius 3 is 2.94 bits per heavy atom. The van der Waals surface area contributed by atoms with Gasteiger partial charge in [-0.3, -0.25) is 4.79 Å². The maximum absolute atomic E-state index is 11.2. The molecule has 0 saturated heterocycles. The third kappa shape index (κ3) is 3.28. The number of ether oxygens (including phenoxy) is 1. The summed E-state index contributed by atoms with van der Waals surface area (Å²) in [5, 5.41) is 3.31. The monoisotopic (exact) mass is 239 g/mol. The van der Waals surface area contributed by atoms with Crippen molar-refractivity contribution in [3.8, 4) is 5.75 Å². The van der Waals surface area contributed by atoms with Crippen molar-refractivity contribution in [3.05, 3.63) is 40.9 Å². The van der Waals surface area contributed by atoms with E-state index in [1.165, 1.54) is 6.08 Å². The number of benzene rings is 1. The van der Waals surface area contributed by atoms with Crippen LogP contribution in [0, 0.1) is 0 Å². The van der Waals surface area contributed by atoms with Crippen LogP contribution in [0.25, 0.3) is 0 Å². The van der Waals surface area contributed by atoms with E-state index >= 15 is 0 Å². The summed E-state index contributed by atoms with van der Waals surface area (Å²) in [7, 11) is 1.57. The van der Waals surface area contributed by atoms with Crippen LogP contribution < -0.4 is 10.1 Å². The molecule has 0 heterocycles. The molecule has 16 heavy (non-hydrogen) atoms. The van der Waals surface area contributed by atoms with E-state index in [2.05, 4.69) is 5.32 Å². The fourth-order valence-corrected chi connectivity index (χ4v) is 1.52. The molecule has 0 aliphatic heterocycles. The average Bonchev–Trinajstić information content (AvgIpc) is 2.27. The number of carbonyl (C=O) groups excluding carboxylic acids is 1. The van der Waals surface area contributed by atoms with Crippen molar-refractivity contribution >= 4 is 17.5 Å². The van der Waals surface area contributed by atoms with Crippen molar-refractivity contribution < 1.29 is 9.53 Å². The van der Waals surface area contributed by atoms with Gasteiger partial charge in [-0.05, 0) is 25.1 Å². The number of methoxy groups -OCH3 is 1. The molecule has 0 aromatic heterocycles.